The monoisotopic (exact) mass is 362 g/mol. The standard InChI is InChI=1S/C19H20ClFN2O2/c20-15-7-4-8-16(21)18(15)19(24)22-13-17(14-5-2-1-3-6-14)23-9-11-25-12-10-23/h1-8,17H,9-13H2,(H,22,24). The lowest BCUT2D eigenvalue weighted by molar-refractivity contribution is 0.0162. The topological polar surface area (TPSA) is 41.6 Å². The van der Waals surface area contributed by atoms with E-state index < -0.39 is 11.7 Å². The number of nitrogens with one attached hydrogen (secondary N) is 1. The lowest BCUT2D eigenvalue weighted by Gasteiger charge is -2.35. The van der Waals surface area contributed by atoms with Gasteiger partial charge in [-0.05, 0) is 17.7 Å². The zero-order valence-electron chi connectivity index (χ0n) is 13.8. The summed E-state index contributed by atoms with van der Waals surface area (Å²) in [7, 11) is 0. The first-order valence-corrected chi connectivity index (χ1v) is 8.63. The van der Waals surface area contributed by atoms with E-state index in [2.05, 4.69) is 10.2 Å². The average Bonchev–Trinajstić information content (AvgIpc) is 2.63. The normalized spacial score (nSPS) is 16.4. The second-order valence-corrected chi connectivity index (χ2v) is 6.29. The van der Waals surface area contributed by atoms with E-state index in [-0.39, 0.29) is 16.6 Å². The summed E-state index contributed by atoms with van der Waals surface area (Å²) in [5.74, 6) is -1.12. The number of rotatable bonds is 5. The summed E-state index contributed by atoms with van der Waals surface area (Å²) in [6.45, 7) is 3.27. The quantitative estimate of drug-likeness (QED) is 0.887. The Morgan fingerprint density at radius 1 is 1.16 bits per heavy atom. The van der Waals surface area contributed by atoms with Crippen molar-refractivity contribution in [2.45, 2.75) is 6.04 Å². The highest BCUT2D eigenvalue weighted by atomic mass is 35.5. The molecule has 0 aromatic heterocycles. The van der Waals surface area contributed by atoms with Crippen LogP contribution >= 0.6 is 11.6 Å². The number of benzene rings is 2. The van der Waals surface area contributed by atoms with Crippen molar-refractivity contribution in [3.05, 3.63) is 70.5 Å². The summed E-state index contributed by atoms with van der Waals surface area (Å²) in [6.07, 6.45) is 0. The molecule has 1 saturated heterocycles. The van der Waals surface area contributed by atoms with Gasteiger partial charge in [-0.3, -0.25) is 9.69 Å². The summed E-state index contributed by atoms with van der Waals surface area (Å²) in [4.78, 5) is 14.7. The summed E-state index contributed by atoms with van der Waals surface area (Å²) >= 11 is 5.98. The second-order valence-electron chi connectivity index (χ2n) is 5.88. The third-order valence-corrected chi connectivity index (χ3v) is 4.63. The van der Waals surface area contributed by atoms with Crippen LogP contribution in [0.2, 0.25) is 5.02 Å². The van der Waals surface area contributed by atoms with E-state index >= 15 is 0 Å². The second kappa shape index (κ2) is 8.43. The largest absolute Gasteiger partial charge is 0.379 e. The van der Waals surface area contributed by atoms with E-state index in [1.807, 2.05) is 30.3 Å². The number of carbonyl (C=O) groups excluding carboxylic acids is 1. The van der Waals surface area contributed by atoms with Gasteiger partial charge < -0.3 is 10.1 Å². The molecule has 1 amide bonds. The van der Waals surface area contributed by atoms with Crippen molar-refractivity contribution in [3.63, 3.8) is 0 Å². The van der Waals surface area contributed by atoms with Crippen LogP contribution in [0, 0.1) is 5.82 Å². The van der Waals surface area contributed by atoms with Crippen molar-refractivity contribution in [1.82, 2.24) is 10.2 Å². The van der Waals surface area contributed by atoms with Gasteiger partial charge in [-0.15, -0.1) is 0 Å². The minimum Gasteiger partial charge on any atom is -0.379 e. The van der Waals surface area contributed by atoms with Crippen LogP contribution in [0.4, 0.5) is 4.39 Å². The van der Waals surface area contributed by atoms with Gasteiger partial charge in [0.2, 0.25) is 0 Å². The fourth-order valence-electron chi connectivity index (χ4n) is 3.01. The Morgan fingerprint density at radius 3 is 2.56 bits per heavy atom. The molecule has 0 saturated carbocycles. The summed E-state index contributed by atoms with van der Waals surface area (Å²) in [6, 6.07) is 14.2. The molecule has 6 heteroatoms. The maximum absolute atomic E-state index is 13.9. The van der Waals surface area contributed by atoms with E-state index in [0.717, 1.165) is 18.7 Å². The Morgan fingerprint density at radius 2 is 1.88 bits per heavy atom. The van der Waals surface area contributed by atoms with Gasteiger partial charge >= 0.3 is 0 Å². The van der Waals surface area contributed by atoms with Crippen molar-refractivity contribution in [2.75, 3.05) is 32.8 Å². The van der Waals surface area contributed by atoms with Crippen molar-refractivity contribution in [2.24, 2.45) is 0 Å². The lowest BCUT2D eigenvalue weighted by atomic mass is 10.0. The van der Waals surface area contributed by atoms with Crippen molar-refractivity contribution < 1.29 is 13.9 Å². The number of amides is 1. The van der Waals surface area contributed by atoms with Gasteiger partial charge in [0.25, 0.3) is 5.91 Å². The molecule has 1 unspecified atom stereocenters. The molecule has 1 fully saturated rings. The fraction of sp³-hybridized carbons (Fsp3) is 0.316. The summed E-state index contributed by atoms with van der Waals surface area (Å²) < 4.78 is 19.3. The van der Waals surface area contributed by atoms with Crippen LogP contribution < -0.4 is 5.32 Å². The molecule has 2 aromatic rings. The van der Waals surface area contributed by atoms with E-state index in [9.17, 15) is 9.18 Å². The molecular weight excluding hydrogens is 343 g/mol. The molecule has 1 atom stereocenters. The molecule has 1 aliphatic rings. The van der Waals surface area contributed by atoms with Gasteiger partial charge in [0, 0.05) is 19.6 Å². The zero-order valence-corrected chi connectivity index (χ0v) is 14.5. The molecule has 1 aliphatic heterocycles. The SMILES string of the molecule is O=C(NCC(c1ccccc1)N1CCOCC1)c1c(F)cccc1Cl. The van der Waals surface area contributed by atoms with E-state index in [0.29, 0.717) is 19.8 Å². The number of morpholine rings is 1. The third kappa shape index (κ3) is 4.37. The maximum atomic E-state index is 13.9. The number of hydrogen-bond donors (Lipinski definition) is 1. The van der Waals surface area contributed by atoms with Gasteiger partial charge in [0.05, 0.1) is 29.8 Å². The molecule has 25 heavy (non-hydrogen) atoms. The van der Waals surface area contributed by atoms with E-state index in [1.54, 1.807) is 0 Å². The van der Waals surface area contributed by atoms with Gasteiger partial charge in [0.1, 0.15) is 5.82 Å². The molecule has 0 bridgehead atoms. The van der Waals surface area contributed by atoms with Crippen LogP contribution in [0.15, 0.2) is 48.5 Å². The van der Waals surface area contributed by atoms with Gasteiger partial charge in [-0.2, -0.15) is 0 Å². The summed E-state index contributed by atoms with van der Waals surface area (Å²) in [5, 5.41) is 2.94. The van der Waals surface area contributed by atoms with Gasteiger partial charge in [-0.25, -0.2) is 4.39 Å². The minimum absolute atomic E-state index is 0.000371. The van der Waals surface area contributed by atoms with Crippen LogP contribution in [-0.4, -0.2) is 43.7 Å². The summed E-state index contributed by atoms with van der Waals surface area (Å²) in [5.41, 5.74) is 0.988. The first-order valence-electron chi connectivity index (χ1n) is 8.26. The van der Waals surface area contributed by atoms with E-state index in [4.69, 9.17) is 16.3 Å². The molecule has 0 spiro atoms. The van der Waals surface area contributed by atoms with Gasteiger partial charge in [0.15, 0.2) is 0 Å². The van der Waals surface area contributed by atoms with Crippen molar-refractivity contribution >= 4 is 17.5 Å². The third-order valence-electron chi connectivity index (χ3n) is 4.32. The maximum Gasteiger partial charge on any atom is 0.255 e. The van der Waals surface area contributed by atoms with Crippen molar-refractivity contribution in [1.29, 1.82) is 0 Å². The van der Waals surface area contributed by atoms with Crippen molar-refractivity contribution in [3.8, 4) is 0 Å². The van der Waals surface area contributed by atoms with Crippen LogP contribution in [-0.2, 0) is 4.74 Å². The Balaban J connectivity index is 1.75. The Kier molecular flexibility index (Phi) is 6.02. The predicted molar refractivity (Wildman–Crippen MR) is 95.3 cm³/mol. The predicted octanol–water partition coefficient (Wildman–Crippen LogP) is 3.28. The molecular formula is C19H20ClFN2O2. The fourth-order valence-corrected chi connectivity index (χ4v) is 3.26. The molecule has 2 aromatic carbocycles. The molecule has 132 valence electrons. The molecule has 4 nitrogen and oxygen atoms in total. The van der Waals surface area contributed by atoms with Crippen LogP contribution in [0.1, 0.15) is 22.0 Å². The molecule has 0 radical (unpaired) electrons. The minimum atomic E-state index is -0.618. The highest BCUT2D eigenvalue weighted by Gasteiger charge is 2.24. The molecule has 1 heterocycles. The average molecular weight is 363 g/mol. The number of nitrogens with zero attached hydrogens (tertiary/aromatic N) is 1. The number of ether oxygens (including phenoxy) is 1. The Hall–Kier alpha value is -1.95. The van der Waals surface area contributed by atoms with E-state index in [1.165, 1.54) is 18.2 Å². The number of carbonyl (C=O) groups is 1. The van der Waals surface area contributed by atoms with Crippen LogP contribution in [0.25, 0.3) is 0 Å². The number of hydrogen-bond acceptors (Lipinski definition) is 3. The lowest BCUT2D eigenvalue weighted by Crippen LogP contribution is -2.44. The molecule has 1 N–H and O–H groups in total. The Labute approximate surface area is 151 Å². The molecule has 0 aliphatic carbocycles. The first-order chi connectivity index (χ1) is 12.2. The van der Waals surface area contributed by atoms with Crippen LogP contribution in [0.5, 0.6) is 0 Å². The first kappa shape index (κ1) is 17.9. The smallest absolute Gasteiger partial charge is 0.255 e. The number of halogens is 2. The van der Waals surface area contributed by atoms with Crippen LogP contribution in [0.3, 0.4) is 0 Å². The highest BCUT2D eigenvalue weighted by molar-refractivity contribution is 6.33. The zero-order chi connectivity index (χ0) is 17.6. The molecule has 3 rings (SSSR count). The highest BCUT2D eigenvalue weighted by Crippen LogP contribution is 2.22. The van der Waals surface area contributed by atoms with Gasteiger partial charge in [-0.1, -0.05) is 48.0 Å². The Bertz CT molecular complexity index is 700.